The number of unbranched alkanes of at least 4 members (excludes halogenated alkanes) is 8. The van der Waals surface area contributed by atoms with Crippen molar-refractivity contribution in [1.82, 2.24) is 0 Å². The Balaban J connectivity index is -0.000000333. The molecule has 136 valence electrons. The minimum atomic E-state index is -3.96. The van der Waals surface area contributed by atoms with E-state index in [1.165, 1.54) is 0 Å². The van der Waals surface area contributed by atoms with E-state index in [2.05, 4.69) is 13.8 Å². The summed E-state index contributed by atoms with van der Waals surface area (Å²) in [5.41, 5.74) is 0. The average molecular weight is 399 g/mol. The van der Waals surface area contributed by atoms with Crippen LogP contribution < -0.4 is 0 Å². The molecule has 0 saturated heterocycles. The molecule has 0 amide bonds. The van der Waals surface area contributed by atoms with Gasteiger partial charge in [0.1, 0.15) is 0 Å². The molecule has 23 heavy (non-hydrogen) atoms. The smallest absolute Gasteiger partial charge is 0.748 e. The normalized spacial score (nSPS) is 11.3. The van der Waals surface area contributed by atoms with E-state index in [1.54, 1.807) is 0 Å². The van der Waals surface area contributed by atoms with Crippen molar-refractivity contribution in [2.45, 2.75) is 78.1 Å². The van der Waals surface area contributed by atoms with E-state index in [4.69, 9.17) is 0 Å². The van der Waals surface area contributed by atoms with Crippen LogP contribution in [0.4, 0.5) is 0 Å². The van der Waals surface area contributed by atoms with Crippen molar-refractivity contribution in [2.24, 2.45) is 0 Å². The Hall–Kier alpha value is 1.08. The van der Waals surface area contributed by atoms with Crippen molar-refractivity contribution in [1.29, 1.82) is 0 Å². The fourth-order valence-electron chi connectivity index (χ4n) is 1.76. The molecule has 6 nitrogen and oxygen atoms in total. The van der Waals surface area contributed by atoms with Crippen LogP contribution in [0.5, 0.6) is 0 Å². The molecular weight excluding hydrogens is 368 g/mol. The number of rotatable bonds is 12. The molecule has 0 heterocycles. The van der Waals surface area contributed by atoms with Crippen molar-refractivity contribution in [3.63, 3.8) is 0 Å². The Kier molecular flexibility index (Phi) is 22.5. The quantitative estimate of drug-likeness (QED) is 0.283. The first-order chi connectivity index (χ1) is 10.1. The predicted molar refractivity (Wildman–Crippen MR) is 92.4 cm³/mol. The Morgan fingerprint density at radius 3 is 1.04 bits per heavy atom. The summed E-state index contributed by atoms with van der Waals surface area (Å²) in [5, 5.41) is 0. The molecule has 0 aliphatic carbocycles. The summed E-state index contributed by atoms with van der Waals surface area (Å²) in [6.07, 6.45) is 9.33. The van der Waals surface area contributed by atoms with Crippen molar-refractivity contribution < 1.29 is 25.9 Å². The van der Waals surface area contributed by atoms with Gasteiger partial charge in [0.15, 0.2) is 0 Å². The largest absolute Gasteiger partial charge is 2.00 e. The minimum absolute atomic E-state index is 0. The van der Waals surface area contributed by atoms with E-state index in [9.17, 15) is 25.9 Å². The van der Waals surface area contributed by atoms with Crippen LogP contribution >= 0.6 is 0 Å². The topological polar surface area (TPSA) is 114 Å². The van der Waals surface area contributed by atoms with Gasteiger partial charge in [-0.05, 0) is 12.8 Å². The van der Waals surface area contributed by atoms with Gasteiger partial charge >= 0.3 is 37.7 Å². The van der Waals surface area contributed by atoms with Gasteiger partial charge in [-0.1, -0.05) is 65.2 Å². The fraction of sp³-hybridized carbons (Fsp3) is 1.00. The molecule has 0 radical (unpaired) electrons. The first-order valence-electron chi connectivity index (χ1n) is 7.99. The molecular formula is C14H30CaO6S2. The van der Waals surface area contributed by atoms with E-state index >= 15 is 0 Å². The van der Waals surface area contributed by atoms with Gasteiger partial charge < -0.3 is 9.11 Å². The second kappa shape index (κ2) is 17.9. The van der Waals surface area contributed by atoms with Gasteiger partial charge in [-0.3, -0.25) is 0 Å². The zero-order valence-electron chi connectivity index (χ0n) is 14.5. The summed E-state index contributed by atoms with van der Waals surface area (Å²) in [6, 6.07) is 0. The van der Waals surface area contributed by atoms with Crippen LogP contribution in [0.1, 0.15) is 78.1 Å². The number of hydrogen-bond acceptors (Lipinski definition) is 6. The summed E-state index contributed by atoms with van der Waals surface area (Å²) in [4.78, 5) is 0. The van der Waals surface area contributed by atoms with Crippen molar-refractivity contribution in [3.05, 3.63) is 0 Å². The maximum Gasteiger partial charge on any atom is 2.00 e. The van der Waals surface area contributed by atoms with Gasteiger partial charge in [-0.2, -0.15) is 0 Å². The van der Waals surface area contributed by atoms with Crippen molar-refractivity contribution in [2.75, 3.05) is 11.5 Å². The molecule has 9 heteroatoms. The van der Waals surface area contributed by atoms with E-state index in [1.807, 2.05) is 0 Å². The van der Waals surface area contributed by atoms with Crippen molar-refractivity contribution >= 4 is 58.0 Å². The molecule has 0 rings (SSSR count). The van der Waals surface area contributed by atoms with Crippen molar-refractivity contribution in [3.8, 4) is 0 Å². The first kappa shape index (κ1) is 28.9. The molecule has 0 bridgehead atoms. The van der Waals surface area contributed by atoms with E-state index in [0.717, 1.165) is 51.4 Å². The summed E-state index contributed by atoms with van der Waals surface area (Å²) in [6.45, 7) is 4.18. The Morgan fingerprint density at radius 2 is 0.826 bits per heavy atom. The Labute approximate surface area is 172 Å². The first-order valence-corrected chi connectivity index (χ1v) is 11.1. The molecule has 0 aliphatic heterocycles. The van der Waals surface area contributed by atoms with Crippen LogP contribution in [0.2, 0.25) is 0 Å². The molecule has 0 spiro atoms. The molecule has 0 unspecified atom stereocenters. The minimum Gasteiger partial charge on any atom is -0.748 e. The van der Waals surface area contributed by atoms with Gasteiger partial charge in [0, 0.05) is 11.5 Å². The molecule has 0 saturated carbocycles. The van der Waals surface area contributed by atoms with Crippen LogP contribution in [0.3, 0.4) is 0 Å². The zero-order valence-corrected chi connectivity index (χ0v) is 18.3. The maximum atomic E-state index is 10.1. The Bertz CT molecular complexity index is 392. The number of hydrogen-bond donors (Lipinski definition) is 0. The van der Waals surface area contributed by atoms with Gasteiger partial charge in [0.05, 0.1) is 20.2 Å². The summed E-state index contributed by atoms with van der Waals surface area (Å²) in [7, 11) is -7.92. The fourth-order valence-corrected chi connectivity index (χ4v) is 2.88. The van der Waals surface area contributed by atoms with Gasteiger partial charge in [-0.25, -0.2) is 16.8 Å². The van der Waals surface area contributed by atoms with Gasteiger partial charge in [-0.15, -0.1) is 0 Å². The van der Waals surface area contributed by atoms with E-state index < -0.39 is 20.2 Å². The monoisotopic (exact) mass is 398 g/mol. The molecule has 0 aromatic heterocycles. The molecule has 0 N–H and O–H groups in total. The molecule has 0 aromatic carbocycles. The SMILES string of the molecule is CCCCCCCS(=O)(=O)[O-].CCCCCCCS(=O)(=O)[O-].[Ca+2]. The second-order valence-corrected chi connectivity index (χ2v) is 8.40. The maximum absolute atomic E-state index is 10.1. The zero-order chi connectivity index (χ0) is 17.5. The van der Waals surface area contributed by atoms with E-state index in [0.29, 0.717) is 12.8 Å². The third kappa shape index (κ3) is 35.2. The molecule has 0 aliphatic rings. The summed E-state index contributed by atoms with van der Waals surface area (Å²) >= 11 is 0. The molecule has 0 aromatic rings. The van der Waals surface area contributed by atoms with Gasteiger partial charge in [0.2, 0.25) is 0 Å². The van der Waals surface area contributed by atoms with Crippen LogP contribution in [0.25, 0.3) is 0 Å². The van der Waals surface area contributed by atoms with Crippen LogP contribution in [-0.2, 0) is 20.2 Å². The average Bonchev–Trinajstić information content (AvgIpc) is 2.36. The summed E-state index contributed by atoms with van der Waals surface area (Å²) in [5.74, 6) is -0.395. The Morgan fingerprint density at radius 1 is 0.565 bits per heavy atom. The molecule has 0 atom stereocenters. The standard InChI is InChI=1S/2C7H16O3S.Ca/c2*1-2-3-4-5-6-7-11(8,9)10;/h2*2-7H2,1H3,(H,8,9,10);/q;;+2/p-2. The van der Waals surface area contributed by atoms with Crippen LogP contribution in [0, 0.1) is 0 Å². The van der Waals surface area contributed by atoms with Crippen LogP contribution in [-0.4, -0.2) is 75.2 Å². The second-order valence-electron chi connectivity index (χ2n) is 5.35. The van der Waals surface area contributed by atoms with Crippen LogP contribution in [0.15, 0.2) is 0 Å². The molecule has 0 fully saturated rings. The predicted octanol–water partition coefficient (Wildman–Crippen LogP) is 2.62. The van der Waals surface area contributed by atoms with E-state index in [-0.39, 0.29) is 49.2 Å². The van der Waals surface area contributed by atoms with Gasteiger partial charge in [0.25, 0.3) is 0 Å². The third-order valence-corrected chi connectivity index (χ3v) is 4.57. The summed E-state index contributed by atoms with van der Waals surface area (Å²) < 4.78 is 60.7. The third-order valence-electron chi connectivity index (χ3n) is 3.00.